The molecule has 0 heteroatoms. The second-order valence-corrected chi connectivity index (χ2v) is 10.4. The highest BCUT2D eigenvalue weighted by molar-refractivity contribution is 5.98. The van der Waals surface area contributed by atoms with Gasteiger partial charge in [0.15, 0.2) is 0 Å². The van der Waals surface area contributed by atoms with Gasteiger partial charge in [-0.05, 0) is 127 Å². The van der Waals surface area contributed by atoms with E-state index in [0.29, 0.717) is 0 Å². The smallest absolute Gasteiger partial charge is 0.000718 e. The van der Waals surface area contributed by atoms with Crippen molar-refractivity contribution in [3.05, 3.63) is 129 Å². The molecular weight excluding hydrogens is 408 g/mol. The summed E-state index contributed by atoms with van der Waals surface area (Å²) in [5.74, 6) is 0. The van der Waals surface area contributed by atoms with Crippen LogP contribution in [0.3, 0.4) is 0 Å². The van der Waals surface area contributed by atoms with Crippen molar-refractivity contribution >= 4 is 0 Å². The van der Waals surface area contributed by atoms with Crippen LogP contribution in [0.25, 0.3) is 44.5 Å². The molecule has 0 aliphatic heterocycles. The van der Waals surface area contributed by atoms with Gasteiger partial charge in [-0.25, -0.2) is 0 Å². The zero-order valence-electron chi connectivity index (χ0n) is 18.9. The fourth-order valence-electron chi connectivity index (χ4n) is 7.32. The van der Waals surface area contributed by atoms with Crippen LogP contribution in [0.15, 0.2) is 84.9 Å². The van der Waals surface area contributed by atoms with Crippen LogP contribution >= 0.6 is 0 Å². The Morgan fingerprint density at radius 2 is 0.853 bits per heavy atom. The first-order valence-electron chi connectivity index (χ1n) is 12.5. The molecule has 0 spiro atoms. The van der Waals surface area contributed by atoms with E-state index in [9.17, 15) is 0 Å². The predicted molar refractivity (Wildman–Crippen MR) is 139 cm³/mol. The van der Waals surface area contributed by atoms with Crippen molar-refractivity contribution in [3.63, 3.8) is 0 Å². The standard InChI is InChI=1S/C34H22/c1-3-7-26-20(6-1)16-31-28(26)12-11-21-14-24-18-30-25(17-29(24)32(21)31)15-23-10-9-22-13-19-5-2-4-8-27(19)33(22)34(23)30/h1-12,17-18H,13-16H2. The van der Waals surface area contributed by atoms with E-state index in [-0.39, 0.29) is 0 Å². The van der Waals surface area contributed by atoms with Crippen molar-refractivity contribution in [2.75, 3.05) is 0 Å². The van der Waals surface area contributed by atoms with Crippen molar-refractivity contribution in [3.8, 4) is 44.5 Å². The SMILES string of the molecule is c1ccc2c(c1)Cc1c-2ccc2c1-c1cc3c(cc1C2)-c1c(ccc2c1-c1ccccc1C2)C3. The molecule has 9 rings (SSSR count). The zero-order chi connectivity index (χ0) is 22.0. The molecule has 0 nitrogen and oxygen atoms in total. The summed E-state index contributed by atoms with van der Waals surface area (Å²) in [6.45, 7) is 0. The van der Waals surface area contributed by atoms with Gasteiger partial charge in [-0.15, -0.1) is 0 Å². The first-order valence-corrected chi connectivity index (χ1v) is 12.5. The van der Waals surface area contributed by atoms with E-state index in [4.69, 9.17) is 0 Å². The van der Waals surface area contributed by atoms with E-state index in [2.05, 4.69) is 84.9 Å². The monoisotopic (exact) mass is 430 g/mol. The lowest BCUT2D eigenvalue weighted by Gasteiger charge is -2.12. The van der Waals surface area contributed by atoms with E-state index < -0.39 is 0 Å². The van der Waals surface area contributed by atoms with Crippen LogP contribution in [-0.4, -0.2) is 0 Å². The molecule has 4 aliphatic rings. The van der Waals surface area contributed by atoms with Crippen LogP contribution in [0.5, 0.6) is 0 Å². The summed E-state index contributed by atoms with van der Waals surface area (Å²) in [5.41, 5.74) is 23.8. The Morgan fingerprint density at radius 1 is 0.324 bits per heavy atom. The average molecular weight is 431 g/mol. The van der Waals surface area contributed by atoms with Crippen molar-refractivity contribution in [1.29, 1.82) is 0 Å². The maximum atomic E-state index is 2.55. The third kappa shape index (κ3) is 2.06. The molecule has 0 aromatic heterocycles. The van der Waals surface area contributed by atoms with Gasteiger partial charge >= 0.3 is 0 Å². The minimum Gasteiger partial charge on any atom is -0.0619 e. The van der Waals surface area contributed by atoms with Crippen LogP contribution in [0, 0.1) is 0 Å². The quantitative estimate of drug-likeness (QED) is 0.229. The van der Waals surface area contributed by atoms with E-state index in [0.717, 1.165) is 25.7 Å². The highest BCUT2D eigenvalue weighted by atomic mass is 14.4. The predicted octanol–water partition coefficient (Wildman–Crippen LogP) is 7.97. The first-order chi connectivity index (χ1) is 16.8. The number of rotatable bonds is 0. The molecule has 5 aromatic carbocycles. The molecule has 4 aliphatic carbocycles. The van der Waals surface area contributed by atoms with Crippen molar-refractivity contribution in [2.24, 2.45) is 0 Å². The van der Waals surface area contributed by atoms with E-state index in [1.54, 1.807) is 5.56 Å². The lowest BCUT2D eigenvalue weighted by atomic mass is 9.91. The Balaban J connectivity index is 1.25. The van der Waals surface area contributed by atoms with E-state index >= 15 is 0 Å². The van der Waals surface area contributed by atoms with Gasteiger partial charge in [0.05, 0.1) is 0 Å². The minimum atomic E-state index is 1.05. The highest BCUT2D eigenvalue weighted by Crippen LogP contribution is 2.53. The normalized spacial score (nSPS) is 14.6. The summed E-state index contributed by atoms with van der Waals surface area (Å²) in [6.07, 6.45) is 4.24. The molecule has 0 saturated carbocycles. The number of fused-ring (bicyclic) bond motifs is 14. The number of benzene rings is 5. The van der Waals surface area contributed by atoms with Crippen molar-refractivity contribution in [2.45, 2.75) is 25.7 Å². The van der Waals surface area contributed by atoms with Gasteiger partial charge in [0.1, 0.15) is 0 Å². The molecule has 0 N–H and O–H groups in total. The third-order valence-corrected chi connectivity index (χ3v) is 8.75. The largest absolute Gasteiger partial charge is 0.0619 e. The average Bonchev–Trinajstić information content (AvgIpc) is 3.60. The molecule has 0 heterocycles. The summed E-state index contributed by atoms with van der Waals surface area (Å²) in [5, 5.41) is 0. The summed E-state index contributed by atoms with van der Waals surface area (Å²) in [4.78, 5) is 0. The summed E-state index contributed by atoms with van der Waals surface area (Å²) in [6, 6.07) is 32.6. The Bertz CT molecular complexity index is 1750. The fraction of sp³-hybridized carbons (Fsp3) is 0.118. The topological polar surface area (TPSA) is 0 Å². The summed E-state index contributed by atoms with van der Waals surface area (Å²) in [7, 11) is 0. The van der Waals surface area contributed by atoms with Gasteiger partial charge in [0, 0.05) is 0 Å². The first kappa shape index (κ1) is 17.6. The molecular formula is C34H22. The van der Waals surface area contributed by atoms with Gasteiger partial charge in [0.2, 0.25) is 0 Å². The van der Waals surface area contributed by atoms with Crippen molar-refractivity contribution < 1.29 is 0 Å². The molecule has 0 fully saturated rings. The molecule has 0 atom stereocenters. The number of hydrogen-bond acceptors (Lipinski definition) is 0. The lowest BCUT2D eigenvalue weighted by molar-refractivity contribution is 1.23. The van der Waals surface area contributed by atoms with Gasteiger partial charge in [-0.1, -0.05) is 72.8 Å². The van der Waals surface area contributed by atoms with Crippen LogP contribution in [-0.2, 0) is 25.7 Å². The van der Waals surface area contributed by atoms with E-state index in [1.165, 1.54) is 83.5 Å². The number of hydrogen-bond donors (Lipinski definition) is 0. The summed E-state index contributed by atoms with van der Waals surface area (Å²) >= 11 is 0. The van der Waals surface area contributed by atoms with Crippen LogP contribution in [0.1, 0.15) is 44.5 Å². The zero-order valence-corrected chi connectivity index (χ0v) is 18.9. The van der Waals surface area contributed by atoms with Gasteiger partial charge in [-0.2, -0.15) is 0 Å². The van der Waals surface area contributed by atoms with Gasteiger partial charge in [0.25, 0.3) is 0 Å². The molecule has 0 amide bonds. The Morgan fingerprint density at radius 3 is 1.62 bits per heavy atom. The third-order valence-electron chi connectivity index (χ3n) is 8.75. The van der Waals surface area contributed by atoms with Crippen LogP contribution < -0.4 is 0 Å². The molecule has 0 unspecified atom stereocenters. The molecule has 158 valence electrons. The van der Waals surface area contributed by atoms with Crippen LogP contribution in [0.2, 0.25) is 0 Å². The van der Waals surface area contributed by atoms with Gasteiger partial charge in [-0.3, -0.25) is 0 Å². The maximum absolute atomic E-state index is 2.55. The maximum Gasteiger partial charge on any atom is -0.000718 e. The second-order valence-electron chi connectivity index (χ2n) is 10.4. The molecule has 0 saturated heterocycles. The van der Waals surface area contributed by atoms with Crippen LogP contribution in [0.4, 0.5) is 0 Å². The molecule has 5 aromatic rings. The Kier molecular flexibility index (Phi) is 3.08. The molecule has 34 heavy (non-hydrogen) atoms. The molecule has 0 bridgehead atoms. The second kappa shape index (κ2) is 5.96. The minimum absolute atomic E-state index is 1.05. The highest BCUT2D eigenvalue weighted by Gasteiger charge is 2.33. The van der Waals surface area contributed by atoms with E-state index in [1.807, 2.05) is 0 Å². The fourth-order valence-corrected chi connectivity index (χ4v) is 7.32. The van der Waals surface area contributed by atoms with Gasteiger partial charge < -0.3 is 0 Å². The van der Waals surface area contributed by atoms with Crippen molar-refractivity contribution in [1.82, 2.24) is 0 Å². The molecule has 0 radical (unpaired) electrons. The lowest BCUT2D eigenvalue weighted by Crippen LogP contribution is -1.90. The Hall–Kier alpha value is -3.90. The summed E-state index contributed by atoms with van der Waals surface area (Å²) < 4.78 is 0. The Labute approximate surface area is 199 Å².